The van der Waals surface area contributed by atoms with Crippen LogP contribution in [0, 0.1) is 0 Å². The number of carbonyl (C=O) groups excluding carboxylic acids is 1. The second-order valence-electron chi connectivity index (χ2n) is 2.56. The summed E-state index contributed by atoms with van der Waals surface area (Å²) in [6.07, 6.45) is -3.28. The van der Waals surface area contributed by atoms with Crippen molar-refractivity contribution in [2.75, 3.05) is 6.61 Å². The standard InChI is InChI=1S/C6H13NO5/c1-3(9)6(7,12)5(11)4(10)2-8/h3-4,8-10,12H,2,7H2,1H3/t3-,4+,6+/m1/s1. The van der Waals surface area contributed by atoms with Crippen molar-refractivity contribution >= 4 is 5.78 Å². The summed E-state index contributed by atoms with van der Waals surface area (Å²) in [4.78, 5) is 10.9. The van der Waals surface area contributed by atoms with Gasteiger partial charge in [-0.05, 0) is 6.92 Å². The van der Waals surface area contributed by atoms with Gasteiger partial charge in [-0.1, -0.05) is 0 Å². The normalized spacial score (nSPS) is 21.2. The monoisotopic (exact) mass is 179 g/mol. The molecule has 0 bridgehead atoms. The van der Waals surface area contributed by atoms with E-state index >= 15 is 0 Å². The molecular weight excluding hydrogens is 166 g/mol. The lowest BCUT2D eigenvalue weighted by Gasteiger charge is -2.26. The third-order valence-corrected chi connectivity index (χ3v) is 1.51. The van der Waals surface area contributed by atoms with Crippen molar-refractivity contribution in [3.63, 3.8) is 0 Å². The lowest BCUT2D eigenvalue weighted by atomic mass is 10.00. The first-order chi connectivity index (χ1) is 5.34. The molecule has 6 nitrogen and oxygen atoms in total. The molecule has 6 heteroatoms. The van der Waals surface area contributed by atoms with E-state index in [1.54, 1.807) is 0 Å². The second kappa shape index (κ2) is 3.92. The Kier molecular flexibility index (Phi) is 3.75. The Labute approximate surface area is 69.2 Å². The average molecular weight is 179 g/mol. The third kappa shape index (κ3) is 2.23. The van der Waals surface area contributed by atoms with Gasteiger partial charge < -0.3 is 20.4 Å². The van der Waals surface area contributed by atoms with E-state index in [1.165, 1.54) is 0 Å². The molecule has 0 unspecified atom stereocenters. The molecular formula is C6H13NO5. The lowest BCUT2D eigenvalue weighted by molar-refractivity contribution is -0.158. The molecule has 0 aliphatic heterocycles. The smallest absolute Gasteiger partial charge is 0.212 e. The molecule has 0 radical (unpaired) electrons. The van der Waals surface area contributed by atoms with E-state index in [4.69, 9.17) is 26.2 Å². The van der Waals surface area contributed by atoms with Crippen molar-refractivity contribution in [2.24, 2.45) is 5.73 Å². The molecule has 0 fully saturated rings. The summed E-state index contributed by atoms with van der Waals surface area (Å²) in [7, 11) is 0. The minimum Gasteiger partial charge on any atom is -0.393 e. The Bertz CT molecular complexity index is 167. The molecule has 0 saturated heterocycles. The Morgan fingerprint density at radius 1 is 1.58 bits per heavy atom. The van der Waals surface area contributed by atoms with Crippen molar-refractivity contribution in [1.82, 2.24) is 0 Å². The van der Waals surface area contributed by atoms with Crippen molar-refractivity contribution in [2.45, 2.75) is 24.9 Å². The number of Topliss-reactive ketones (excluding diaryl/α,β-unsaturated/α-hetero) is 1. The first kappa shape index (κ1) is 11.5. The van der Waals surface area contributed by atoms with Gasteiger partial charge in [0.1, 0.15) is 12.2 Å². The molecule has 0 aliphatic carbocycles. The van der Waals surface area contributed by atoms with Gasteiger partial charge in [-0.3, -0.25) is 10.5 Å². The van der Waals surface area contributed by atoms with Crippen LogP contribution in [0.2, 0.25) is 0 Å². The quantitative estimate of drug-likeness (QED) is 0.292. The van der Waals surface area contributed by atoms with Gasteiger partial charge >= 0.3 is 0 Å². The Morgan fingerprint density at radius 2 is 2.00 bits per heavy atom. The van der Waals surface area contributed by atoms with Gasteiger partial charge in [-0.25, -0.2) is 0 Å². The van der Waals surface area contributed by atoms with Gasteiger partial charge in [-0.2, -0.15) is 0 Å². The first-order valence-corrected chi connectivity index (χ1v) is 3.36. The zero-order valence-corrected chi connectivity index (χ0v) is 6.64. The predicted molar refractivity (Wildman–Crippen MR) is 38.9 cm³/mol. The van der Waals surface area contributed by atoms with E-state index in [2.05, 4.69) is 0 Å². The fourth-order valence-corrected chi connectivity index (χ4v) is 0.556. The number of nitrogens with two attached hydrogens (primary N) is 1. The minimum absolute atomic E-state index is 0.842. The maximum absolute atomic E-state index is 10.9. The zero-order chi connectivity index (χ0) is 9.94. The van der Waals surface area contributed by atoms with E-state index in [0.29, 0.717) is 0 Å². The maximum Gasteiger partial charge on any atom is 0.212 e. The summed E-state index contributed by atoms with van der Waals surface area (Å²) < 4.78 is 0. The van der Waals surface area contributed by atoms with E-state index in [9.17, 15) is 4.79 Å². The molecule has 0 rings (SSSR count). The fraction of sp³-hybridized carbons (Fsp3) is 0.833. The van der Waals surface area contributed by atoms with Crippen molar-refractivity contribution in [3.05, 3.63) is 0 Å². The Balaban J connectivity index is 4.46. The SMILES string of the molecule is C[C@@H](O)[C@](N)(O)C(=O)[C@@H](O)CO. The molecule has 72 valence electrons. The highest BCUT2D eigenvalue weighted by molar-refractivity contribution is 5.90. The summed E-state index contributed by atoms with van der Waals surface area (Å²) in [5.41, 5.74) is 2.45. The van der Waals surface area contributed by atoms with Crippen LogP contribution in [0.4, 0.5) is 0 Å². The Morgan fingerprint density at radius 3 is 2.25 bits per heavy atom. The molecule has 0 aliphatic rings. The molecule has 0 aromatic carbocycles. The second-order valence-corrected chi connectivity index (χ2v) is 2.56. The van der Waals surface area contributed by atoms with Crippen LogP contribution in [-0.4, -0.2) is 50.7 Å². The van der Waals surface area contributed by atoms with E-state index in [0.717, 1.165) is 6.92 Å². The number of ketones is 1. The number of aliphatic hydroxyl groups is 4. The van der Waals surface area contributed by atoms with Crippen LogP contribution in [-0.2, 0) is 4.79 Å². The van der Waals surface area contributed by atoms with Crippen LogP contribution >= 0.6 is 0 Å². The van der Waals surface area contributed by atoms with Crippen LogP contribution in [0.15, 0.2) is 0 Å². The van der Waals surface area contributed by atoms with Crippen molar-refractivity contribution in [3.8, 4) is 0 Å². The molecule has 12 heavy (non-hydrogen) atoms. The van der Waals surface area contributed by atoms with Gasteiger partial charge in [0.2, 0.25) is 11.5 Å². The summed E-state index contributed by atoms with van der Waals surface area (Å²) in [6.45, 7) is 0.257. The first-order valence-electron chi connectivity index (χ1n) is 3.36. The molecule has 0 spiro atoms. The zero-order valence-electron chi connectivity index (χ0n) is 6.64. The highest BCUT2D eigenvalue weighted by Gasteiger charge is 2.39. The minimum atomic E-state index is -2.51. The van der Waals surface area contributed by atoms with Gasteiger partial charge in [-0.15, -0.1) is 0 Å². The maximum atomic E-state index is 10.9. The van der Waals surface area contributed by atoms with E-state index in [1.807, 2.05) is 0 Å². The van der Waals surface area contributed by atoms with E-state index < -0.39 is 30.3 Å². The lowest BCUT2D eigenvalue weighted by Crippen LogP contribution is -2.60. The summed E-state index contributed by atoms with van der Waals surface area (Å²) >= 11 is 0. The van der Waals surface area contributed by atoms with Crippen LogP contribution in [0.1, 0.15) is 6.92 Å². The number of carbonyl (C=O) groups is 1. The van der Waals surface area contributed by atoms with Gasteiger partial charge in [0.15, 0.2) is 0 Å². The summed E-state index contributed by atoms with van der Waals surface area (Å²) in [5, 5.41) is 35.0. The molecule has 0 amide bonds. The van der Waals surface area contributed by atoms with E-state index in [-0.39, 0.29) is 0 Å². The topological polar surface area (TPSA) is 124 Å². The van der Waals surface area contributed by atoms with Gasteiger partial charge in [0, 0.05) is 0 Å². The molecule has 0 aromatic heterocycles. The average Bonchev–Trinajstić information content (AvgIpc) is 2.01. The van der Waals surface area contributed by atoms with Crippen LogP contribution in [0.5, 0.6) is 0 Å². The molecule has 6 N–H and O–H groups in total. The Hall–Kier alpha value is -0.530. The van der Waals surface area contributed by atoms with Crippen LogP contribution in [0.3, 0.4) is 0 Å². The summed E-state index contributed by atoms with van der Waals surface area (Å²) in [6, 6.07) is 0. The van der Waals surface area contributed by atoms with Crippen molar-refractivity contribution < 1.29 is 25.2 Å². The largest absolute Gasteiger partial charge is 0.393 e. The third-order valence-electron chi connectivity index (χ3n) is 1.51. The predicted octanol–water partition coefficient (Wildman–Crippen LogP) is -3.06. The van der Waals surface area contributed by atoms with Crippen LogP contribution in [0.25, 0.3) is 0 Å². The summed E-state index contributed by atoms with van der Waals surface area (Å²) in [5.74, 6) is -1.21. The fourth-order valence-electron chi connectivity index (χ4n) is 0.556. The van der Waals surface area contributed by atoms with Gasteiger partial charge in [0.05, 0.1) is 6.61 Å². The highest BCUT2D eigenvalue weighted by Crippen LogP contribution is 2.06. The number of rotatable bonds is 4. The molecule has 0 aromatic rings. The molecule has 3 atom stereocenters. The highest BCUT2D eigenvalue weighted by atomic mass is 16.4. The number of aliphatic hydroxyl groups excluding tert-OH is 3. The number of hydrogen-bond acceptors (Lipinski definition) is 6. The van der Waals surface area contributed by atoms with Crippen LogP contribution < -0.4 is 5.73 Å². The number of hydrogen-bond donors (Lipinski definition) is 5. The van der Waals surface area contributed by atoms with Gasteiger partial charge in [0.25, 0.3) is 0 Å². The molecule has 0 saturated carbocycles. The van der Waals surface area contributed by atoms with Crippen molar-refractivity contribution in [1.29, 1.82) is 0 Å². The molecule has 0 heterocycles.